The Morgan fingerprint density at radius 1 is 1.03 bits per heavy atom. The molecule has 0 radical (unpaired) electrons. The van der Waals surface area contributed by atoms with Crippen molar-refractivity contribution in [3.8, 4) is 0 Å². The largest absolute Gasteiger partial charge is 0.348 e. The number of likely N-dealkylation sites (tertiary alicyclic amines) is 1. The first-order valence-electron chi connectivity index (χ1n) is 12.3. The second kappa shape index (κ2) is 11.4. The lowest BCUT2D eigenvalue weighted by molar-refractivity contribution is 0.252. The van der Waals surface area contributed by atoms with Gasteiger partial charge in [0.1, 0.15) is 5.82 Å². The Balaban J connectivity index is 1.69. The molecule has 0 unspecified atom stereocenters. The number of nitrogens with one attached hydrogen (secondary N) is 1. The normalized spacial score (nSPS) is 17.1. The molecule has 6 heteroatoms. The topological polar surface area (TPSA) is 53.4 Å². The molecule has 5 nitrogen and oxygen atoms in total. The molecule has 1 N–H and O–H groups in total. The Morgan fingerprint density at radius 2 is 1.71 bits per heavy atom. The van der Waals surface area contributed by atoms with Crippen LogP contribution in [0, 0.1) is 11.7 Å². The van der Waals surface area contributed by atoms with Gasteiger partial charge in [0.25, 0.3) is 0 Å². The van der Waals surface area contributed by atoms with E-state index in [1.165, 1.54) is 12.1 Å². The van der Waals surface area contributed by atoms with E-state index >= 15 is 0 Å². The molecule has 35 heavy (non-hydrogen) atoms. The molecule has 182 valence electrons. The van der Waals surface area contributed by atoms with E-state index in [0.717, 1.165) is 59.7 Å². The molecular formula is C29H34FN5. The van der Waals surface area contributed by atoms with Gasteiger partial charge in [-0.1, -0.05) is 42.5 Å². The van der Waals surface area contributed by atoms with Crippen molar-refractivity contribution < 1.29 is 4.39 Å². The standard InChI is InChI=1S/C29H34FN5/c1-20(23-10-12-26(30)13-11-23)28(32-21(2)25-15-18-35(4)19-16-25)27-14-17-31-29(34-27)33-22(3)24-8-6-5-7-9-24/h5-14,17,22,25H,15-16,18-19H2,1-4H3,(H,31,33,34)/b28-20+,32-21?/t22-/m1/s1. The Hall–Kier alpha value is -3.38. The highest BCUT2D eigenvalue weighted by Gasteiger charge is 2.20. The summed E-state index contributed by atoms with van der Waals surface area (Å²) in [6, 6.07) is 18.7. The van der Waals surface area contributed by atoms with Gasteiger partial charge in [0.05, 0.1) is 17.4 Å². The molecule has 0 aliphatic carbocycles. The molecule has 1 aliphatic heterocycles. The Bertz CT molecular complexity index is 1180. The number of aromatic nitrogens is 2. The predicted octanol–water partition coefficient (Wildman–Crippen LogP) is 6.48. The van der Waals surface area contributed by atoms with Crippen LogP contribution in [0.3, 0.4) is 0 Å². The number of hydrogen-bond donors (Lipinski definition) is 1. The molecule has 1 fully saturated rings. The number of rotatable bonds is 7. The number of benzene rings is 2. The van der Waals surface area contributed by atoms with Crippen molar-refractivity contribution in [2.24, 2.45) is 10.9 Å². The molecule has 1 atom stereocenters. The minimum absolute atomic E-state index is 0.0570. The minimum atomic E-state index is -0.252. The van der Waals surface area contributed by atoms with Crippen molar-refractivity contribution in [3.05, 3.63) is 89.5 Å². The quantitative estimate of drug-likeness (QED) is 0.401. The van der Waals surface area contributed by atoms with E-state index < -0.39 is 0 Å². The highest BCUT2D eigenvalue weighted by atomic mass is 19.1. The van der Waals surface area contributed by atoms with E-state index in [-0.39, 0.29) is 11.9 Å². The van der Waals surface area contributed by atoms with Crippen LogP contribution < -0.4 is 5.32 Å². The Labute approximate surface area is 207 Å². The SMILES string of the molecule is CC(=N/C(=C(\C)c1ccc(F)cc1)c1ccnc(N[C@H](C)c2ccccc2)n1)C1CCN(C)CC1. The number of piperidine rings is 1. The monoisotopic (exact) mass is 471 g/mol. The fourth-order valence-electron chi connectivity index (χ4n) is 4.44. The first kappa shape index (κ1) is 24.7. The van der Waals surface area contributed by atoms with Crippen LogP contribution in [-0.4, -0.2) is 40.7 Å². The minimum Gasteiger partial charge on any atom is -0.348 e. The van der Waals surface area contributed by atoms with Gasteiger partial charge in [-0.15, -0.1) is 0 Å². The van der Waals surface area contributed by atoms with Crippen molar-refractivity contribution >= 4 is 22.9 Å². The molecule has 1 aliphatic rings. The van der Waals surface area contributed by atoms with E-state index in [1.807, 2.05) is 31.2 Å². The van der Waals surface area contributed by atoms with Crippen molar-refractivity contribution in [3.63, 3.8) is 0 Å². The summed E-state index contributed by atoms with van der Waals surface area (Å²) in [5.74, 6) is 0.743. The highest BCUT2D eigenvalue weighted by Crippen LogP contribution is 2.29. The van der Waals surface area contributed by atoms with Crippen LogP contribution in [-0.2, 0) is 0 Å². The van der Waals surface area contributed by atoms with Gasteiger partial charge in [0, 0.05) is 11.9 Å². The van der Waals surface area contributed by atoms with Crippen LogP contribution in [0.4, 0.5) is 10.3 Å². The van der Waals surface area contributed by atoms with E-state index in [1.54, 1.807) is 18.3 Å². The third-order valence-corrected chi connectivity index (χ3v) is 6.77. The highest BCUT2D eigenvalue weighted by molar-refractivity contribution is 5.96. The summed E-state index contributed by atoms with van der Waals surface area (Å²) in [6.45, 7) is 8.38. The lowest BCUT2D eigenvalue weighted by Crippen LogP contribution is -2.32. The first-order chi connectivity index (χ1) is 16.9. The van der Waals surface area contributed by atoms with Crippen LogP contribution in [0.25, 0.3) is 11.3 Å². The third-order valence-electron chi connectivity index (χ3n) is 6.77. The van der Waals surface area contributed by atoms with E-state index in [2.05, 4.69) is 48.2 Å². The van der Waals surface area contributed by atoms with Gasteiger partial charge in [0.2, 0.25) is 5.95 Å². The molecule has 2 heterocycles. The summed E-state index contributed by atoms with van der Waals surface area (Å²) < 4.78 is 13.6. The van der Waals surface area contributed by atoms with Crippen LogP contribution in [0.2, 0.25) is 0 Å². The molecule has 2 aromatic carbocycles. The van der Waals surface area contributed by atoms with Crippen molar-refractivity contribution in [1.29, 1.82) is 0 Å². The fraction of sp³-hybridized carbons (Fsp3) is 0.345. The fourth-order valence-corrected chi connectivity index (χ4v) is 4.44. The summed E-state index contributed by atoms with van der Waals surface area (Å²) in [5, 5.41) is 3.41. The Morgan fingerprint density at radius 3 is 2.40 bits per heavy atom. The van der Waals surface area contributed by atoms with Crippen molar-refractivity contribution in [2.45, 2.75) is 39.7 Å². The maximum absolute atomic E-state index is 13.6. The second-order valence-corrected chi connectivity index (χ2v) is 9.35. The van der Waals surface area contributed by atoms with Crippen LogP contribution >= 0.6 is 0 Å². The third kappa shape index (κ3) is 6.40. The lowest BCUT2D eigenvalue weighted by atomic mass is 9.92. The first-order valence-corrected chi connectivity index (χ1v) is 12.3. The zero-order valence-corrected chi connectivity index (χ0v) is 21.0. The average molecular weight is 472 g/mol. The van der Waals surface area contributed by atoms with Crippen LogP contribution in [0.1, 0.15) is 56.5 Å². The van der Waals surface area contributed by atoms with Gasteiger partial charge in [0.15, 0.2) is 0 Å². The maximum atomic E-state index is 13.6. The molecule has 0 amide bonds. The number of allylic oxidation sites excluding steroid dienone is 1. The number of hydrogen-bond acceptors (Lipinski definition) is 5. The van der Waals surface area contributed by atoms with Gasteiger partial charge in [-0.25, -0.2) is 14.4 Å². The Kier molecular flexibility index (Phi) is 8.03. The zero-order valence-electron chi connectivity index (χ0n) is 21.0. The summed E-state index contributed by atoms with van der Waals surface area (Å²) >= 11 is 0. The second-order valence-electron chi connectivity index (χ2n) is 9.35. The average Bonchev–Trinajstić information content (AvgIpc) is 2.88. The van der Waals surface area contributed by atoms with Crippen LogP contribution in [0.5, 0.6) is 0 Å². The summed E-state index contributed by atoms with van der Waals surface area (Å²) in [5.41, 5.74) is 5.70. The molecule has 1 aromatic heterocycles. The van der Waals surface area contributed by atoms with Gasteiger partial charge in [-0.05, 0) is 94.6 Å². The predicted molar refractivity (Wildman–Crippen MR) is 143 cm³/mol. The smallest absolute Gasteiger partial charge is 0.223 e. The molecular weight excluding hydrogens is 437 g/mol. The molecule has 0 spiro atoms. The summed E-state index contributed by atoms with van der Waals surface area (Å²) in [6.07, 6.45) is 3.96. The number of anilines is 1. The molecule has 4 rings (SSSR count). The number of halogens is 1. The van der Waals surface area contributed by atoms with Crippen molar-refractivity contribution in [1.82, 2.24) is 14.9 Å². The van der Waals surface area contributed by atoms with Gasteiger partial charge in [-0.2, -0.15) is 0 Å². The lowest BCUT2D eigenvalue weighted by Gasteiger charge is -2.29. The number of aliphatic imine (C=N–C) groups is 1. The summed E-state index contributed by atoms with van der Waals surface area (Å²) in [7, 11) is 2.17. The van der Waals surface area contributed by atoms with E-state index in [4.69, 9.17) is 9.98 Å². The molecule has 1 saturated heterocycles. The zero-order chi connectivity index (χ0) is 24.8. The van der Waals surface area contributed by atoms with E-state index in [9.17, 15) is 4.39 Å². The van der Waals surface area contributed by atoms with Crippen molar-refractivity contribution in [2.75, 3.05) is 25.5 Å². The van der Waals surface area contributed by atoms with Crippen LogP contribution in [0.15, 0.2) is 71.9 Å². The van der Waals surface area contributed by atoms with E-state index in [0.29, 0.717) is 11.9 Å². The maximum Gasteiger partial charge on any atom is 0.223 e. The van der Waals surface area contributed by atoms with Gasteiger partial charge in [-0.3, -0.25) is 4.99 Å². The molecule has 0 saturated carbocycles. The summed E-state index contributed by atoms with van der Waals surface area (Å²) in [4.78, 5) is 16.8. The number of nitrogens with zero attached hydrogens (tertiary/aromatic N) is 4. The molecule has 3 aromatic rings. The molecule has 0 bridgehead atoms. The van der Waals surface area contributed by atoms with Gasteiger partial charge < -0.3 is 10.2 Å². The van der Waals surface area contributed by atoms with Gasteiger partial charge >= 0.3 is 0 Å².